The van der Waals surface area contributed by atoms with E-state index in [2.05, 4.69) is 22.6 Å². The quantitative estimate of drug-likeness (QED) is 0.580. The minimum absolute atomic E-state index is 0.0365. The van der Waals surface area contributed by atoms with E-state index in [1.54, 1.807) is 7.11 Å². The fraction of sp³-hybridized carbons (Fsp3) is 1.00. The van der Waals surface area contributed by atoms with Crippen LogP contribution in [0.25, 0.3) is 0 Å². The molecule has 3 unspecified atom stereocenters. The Bertz CT molecular complexity index is 109. The van der Waals surface area contributed by atoms with Crippen molar-refractivity contribution < 1.29 is 14.6 Å². The zero-order valence-electron chi connectivity index (χ0n) is 5.79. The van der Waals surface area contributed by atoms with Crippen molar-refractivity contribution in [1.82, 2.24) is 0 Å². The zero-order chi connectivity index (χ0) is 7.56. The monoisotopic (exact) mass is 258 g/mol. The van der Waals surface area contributed by atoms with Crippen molar-refractivity contribution in [3.63, 3.8) is 0 Å². The number of methoxy groups -OCH3 is 1. The highest BCUT2D eigenvalue weighted by atomic mass is 127. The molecule has 0 aliphatic carbocycles. The van der Waals surface area contributed by atoms with E-state index in [0.29, 0.717) is 3.92 Å². The third kappa shape index (κ3) is 1.81. The summed E-state index contributed by atoms with van der Waals surface area (Å²) in [6.07, 6.45) is 0.729. The molecular formula is C6H11IO3. The van der Waals surface area contributed by atoms with Crippen LogP contribution in [0, 0.1) is 0 Å². The van der Waals surface area contributed by atoms with Crippen molar-refractivity contribution in [3.8, 4) is 0 Å². The molecule has 1 aliphatic rings. The van der Waals surface area contributed by atoms with Gasteiger partial charge in [-0.3, -0.25) is 0 Å². The van der Waals surface area contributed by atoms with Gasteiger partial charge in [-0.15, -0.1) is 0 Å². The van der Waals surface area contributed by atoms with Gasteiger partial charge < -0.3 is 14.6 Å². The molecular weight excluding hydrogens is 247 g/mol. The molecule has 60 valence electrons. The first-order valence-electron chi connectivity index (χ1n) is 3.21. The van der Waals surface area contributed by atoms with Crippen LogP contribution in [0.4, 0.5) is 0 Å². The van der Waals surface area contributed by atoms with Crippen molar-refractivity contribution in [1.29, 1.82) is 0 Å². The molecule has 1 saturated heterocycles. The second-order valence-electron chi connectivity index (χ2n) is 2.27. The summed E-state index contributed by atoms with van der Waals surface area (Å²) < 4.78 is 10.6. The first-order valence-corrected chi connectivity index (χ1v) is 4.45. The maximum Gasteiger partial charge on any atom is 0.158 e. The van der Waals surface area contributed by atoms with Crippen molar-refractivity contribution in [2.24, 2.45) is 0 Å². The summed E-state index contributed by atoms with van der Waals surface area (Å²) in [5.74, 6) is 0. The van der Waals surface area contributed by atoms with Gasteiger partial charge in [-0.1, -0.05) is 22.6 Å². The van der Waals surface area contributed by atoms with Crippen LogP contribution in [0.2, 0.25) is 0 Å². The Morgan fingerprint density at radius 3 is 2.80 bits per heavy atom. The summed E-state index contributed by atoms with van der Waals surface area (Å²) in [5.41, 5.74) is 0. The topological polar surface area (TPSA) is 38.7 Å². The number of rotatable bonds is 2. The molecule has 1 fully saturated rings. The standard InChI is InChI=1S/C6H11IO3/c1-9-6-2-4(7)5(3-8)10-6/h4-6,8H,2-3H2,1H3. The van der Waals surface area contributed by atoms with Gasteiger partial charge in [-0.25, -0.2) is 0 Å². The number of aliphatic hydroxyl groups excluding tert-OH is 1. The Balaban J connectivity index is 2.36. The van der Waals surface area contributed by atoms with E-state index < -0.39 is 0 Å². The smallest absolute Gasteiger partial charge is 0.158 e. The van der Waals surface area contributed by atoms with Gasteiger partial charge >= 0.3 is 0 Å². The second-order valence-corrected chi connectivity index (χ2v) is 3.87. The minimum atomic E-state index is -0.112. The highest BCUT2D eigenvalue weighted by Crippen LogP contribution is 2.26. The average molecular weight is 258 g/mol. The molecule has 0 spiro atoms. The fourth-order valence-electron chi connectivity index (χ4n) is 0.981. The third-order valence-corrected chi connectivity index (χ3v) is 2.90. The predicted octanol–water partition coefficient (Wildman–Crippen LogP) is 0.544. The van der Waals surface area contributed by atoms with Gasteiger partial charge in [-0.2, -0.15) is 0 Å². The lowest BCUT2D eigenvalue weighted by atomic mass is 10.2. The molecule has 1 N–H and O–H groups in total. The first-order chi connectivity index (χ1) is 4.77. The van der Waals surface area contributed by atoms with E-state index in [4.69, 9.17) is 14.6 Å². The van der Waals surface area contributed by atoms with Gasteiger partial charge in [0.1, 0.15) is 0 Å². The Morgan fingerprint density at radius 2 is 2.50 bits per heavy atom. The van der Waals surface area contributed by atoms with Crippen LogP contribution in [0.15, 0.2) is 0 Å². The summed E-state index contributed by atoms with van der Waals surface area (Å²) in [5, 5.41) is 8.76. The van der Waals surface area contributed by atoms with Crippen molar-refractivity contribution in [2.75, 3.05) is 13.7 Å². The minimum Gasteiger partial charge on any atom is -0.394 e. The average Bonchev–Trinajstić information content (AvgIpc) is 2.30. The van der Waals surface area contributed by atoms with E-state index in [0.717, 1.165) is 6.42 Å². The highest BCUT2D eigenvalue weighted by molar-refractivity contribution is 14.1. The van der Waals surface area contributed by atoms with E-state index in [-0.39, 0.29) is 19.0 Å². The molecule has 1 rings (SSSR count). The van der Waals surface area contributed by atoms with Crippen LogP contribution in [-0.4, -0.2) is 35.1 Å². The Labute approximate surface area is 73.8 Å². The maximum absolute atomic E-state index is 8.76. The number of aliphatic hydroxyl groups is 1. The largest absolute Gasteiger partial charge is 0.394 e. The molecule has 3 nitrogen and oxygen atoms in total. The van der Waals surface area contributed by atoms with E-state index >= 15 is 0 Å². The fourth-order valence-corrected chi connectivity index (χ4v) is 1.79. The van der Waals surface area contributed by atoms with Crippen LogP contribution in [0.5, 0.6) is 0 Å². The number of hydrogen-bond acceptors (Lipinski definition) is 3. The molecule has 0 bridgehead atoms. The lowest BCUT2D eigenvalue weighted by Gasteiger charge is -2.09. The molecule has 0 aromatic carbocycles. The Morgan fingerprint density at radius 1 is 1.80 bits per heavy atom. The normalized spacial score (nSPS) is 40.5. The SMILES string of the molecule is COC1CC(I)C(CO)O1. The number of hydrogen-bond donors (Lipinski definition) is 1. The molecule has 10 heavy (non-hydrogen) atoms. The molecule has 1 aliphatic heterocycles. The third-order valence-electron chi connectivity index (χ3n) is 1.59. The molecule has 0 amide bonds. The van der Waals surface area contributed by atoms with Crippen LogP contribution in [0.3, 0.4) is 0 Å². The lowest BCUT2D eigenvalue weighted by Crippen LogP contribution is -2.20. The molecule has 0 aromatic rings. The molecule has 0 saturated carbocycles. The van der Waals surface area contributed by atoms with E-state index in [1.165, 1.54) is 0 Å². The van der Waals surface area contributed by atoms with Gasteiger partial charge in [0.2, 0.25) is 0 Å². The van der Waals surface area contributed by atoms with Crippen molar-refractivity contribution >= 4 is 22.6 Å². The molecule has 0 radical (unpaired) electrons. The van der Waals surface area contributed by atoms with Crippen LogP contribution < -0.4 is 0 Å². The summed E-state index contributed by atoms with van der Waals surface area (Å²) in [4.78, 5) is 0. The van der Waals surface area contributed by atoms with Gasteiger partial charge in [-0.05, 0) is 0 Å². The Hall–Kier alpha value is 0.610. The van der Waals surface area contributed by atoms with Gasteiger partial charge in [0, 0.05) is 17.5 Å². The number of halogens is 1. The molecule has 0 aromatic heterocycles. The van der Waals surface area contributed by atoms with Gasteiger partial charge in [0.05, 0.1) is 12.7 Å². The highest BCUT2D eigenvalue weighted by Gasteiger charge is 2.32. The zero-order valence-corrected chi connectivity index (χ0v) is 7.95. The summed E-state index contributed by atoms with van der Waals surface area (Å²) in [6.45, 7) is 0.0907. The lowest BCUT2D eigenvalue weighted by molar-refractivity contribution is -0.122. The predicted molar refractivity (Wildman–Crippen MR) is 45.2 cm³/mol. The van der Waals surface area contributed by atoms with Gasteiger partial charge in [0.25, 0.3) is 0 Å². The molecule has 3 atom stereocenters. The van der Waals surface area contributed by atoms with Crippen molar-refractivity contribution in [2.45, 2.75) is 22.7 Å². The summed E-state index contributed by atoms with van der Waals surface area (Å²) in [6, 6.07) is 0. The second kappa shape index (κ2) is 3.85. The van der Waals surface area contributed by atoms with Gasteiger partial charge in [0.15, 0.2) is 6.29 Å². The van der Waals surface area contributed by atoms with E-state index in [9.17, 15) is 0 Å². The Kier molecular flexibility index (Phi) is 3.35. The van der Waals surface area contributed by atoms with Crippen LogP contribution >= 0.6 is 22.6 Å². The van der Waals surface area contributed by atoms with Crippen LogP contribution in [-0.2, 0) is 9.47 Å². The van der Waals surface area contributed by atoms with Crippen molar-refractivity contribution in [3.05, 3.63) is 0 Å². The number of ether oxygens (including phenoxy) is 2. The molecule has 4 heteroatoms. The summed E-state index contributed by atoms with van der Waals surface area (Å²) >= 11 is 2.27. The number of alkyl halides is 1. The van der Waals surface area contributed by atoms with E-state index in [1.807, 2.05) is 0 Å². The first kappa shape index (κ1) is 8.70. The molecule has 1 heterocycles. The van der Waals surface area contributed by atoms with Crippen LogP contribution in [0.1, 0.15) is 6.42 Å². The maximum atomic E-state index is 8.76. The summed E-state index contributed by atoms with van der Waals surface area (Å²) in [7, 11) is 1.62.